The van der Waals surface area contributed by atoms with Crippen LogP contribution in [0.15, 0.2) is 35.4 Å². The maximum atomic E-state index is 11.3. The van der Waals surface area contributed by atoms with Crippen LogP contribution in [0, 0.1) is 0 Å². The van der Waals surface area contributed by atoms with Crippen LogP contribution >= 0.6 is 0 Å². The van der Waals surface area contributed by atoms with Crippen molar-refractivity contribution in [2.24, 2.45) is 0 Å². The molecule has 0 radical (unpaired) electrons. The van der Waals surface area contributed by atoms with Gasteiger partial charge in [0.25, 0.3) is 0 Å². The summed E-state index contributed by atoms with van der Waals surface area (Å²) in [5.74, 6) is 0. The first-order valence-corrected chi connectivity index (χ1v) is 6.74. The van der Waals surface area contributed by atoms with Crippen LogP contribution < -0.4 is 5.46 Å². The van der Waals surface area contributed by atoms with Gasteiger partial charge in [-0.15, -0.1) is 0 Å². The summed E-state index contributed by atoms with van der Waals surface area (Å²) in [5.41, 5.74) is 0.716. The van der Waals surface area contributed by atoms with Crippen molar-refractivity contribution >= 4 is 33.3 Å². The van der Waals surface area contributed by atoms with Gasteiger partial charge >= 0.3 is 7.12 Å². The first-order chi connectivity index (χ1) is 7.89. The van der Waals surface area contributed by atoms with Crippen LogP contribution in [0.2, 0.25) is 0 Å². The van der Waals surface area contributed by atoms with Crippen molar-refractivity contribution in [2.75, 3.05) is 6.26 Å². The Morgan fingerprint density at radius 2 is 1.88 bits per heavy atom. The zero-order valence-electron chi connectivity index (χ0n) is 9.03. The van der Waals surface area contributed by atoms with Gasteiger partial charge in [0.05, 0.1) is 5.52 Å². The van der Waals surface area contributed by atoms with Crippen LogP contribution in [-0.2, 0) is 9.84 Å². The molecule has 2 rings (SSSR count). The lowest BCUT2D eigenvalue weighted by atomic mass is 9.78. The highest BCUT2D eigenvalue weighted by Gasteiger charge is 2.16. The Kier molecular flexibility index (Phi) is 2.90. The van der Waals surface area contributed by atoms with E-state index in [1.807, 2.05) is 0 Å². The predicted octanol–water partition coefficient (Wildman–Crippen LogP) is -0.682. The topological polar surface area (TPSA) is 87.5 Å². The van der Waals surface area contributed by atoms with E-state index in [0.717, 1.165) is 6.26 Å². The van der Waals surface area contributed by atoms with Crippen molar-refractivity contribution in [3.63, 3.8) is 0 Å². The van der Waals surface area contributed by atoms with E-state index in [0.29, 0.717) is 16.4 Å². The maximum Gasteiger partial charge on any atom is 0.489 e. The Balaban J connectivity index is 2.74. The molecule has 17 heavy (non-hydrogen) atoms. The maximum absolute atomic E-state index is 11.3. The van der Waals surface area contributed by atoms with Gasteiger partial charge in [-0.1, -0.05) is 18.2 Å². The summed E-state index contributed by atoms with van der Waals surface area (Å²) in [5, 5.41) is 18.8. The first-order valence-electron chi connectivity index (χ1n) is 4.85. The molecule has 7 heteroatoms. The van der Waals surface area contributed by atoms with E-state index in [-0.39, 0.29) is 5.03 Å². The number of fused-ring (bicyclic) bond motifs is 1. The summed E-state index contributed by atoms with van der Waals surface area (Å²) >= 11 is 0. The number of hydrogen-bond donors (Lipinski definition) is 2. The van der Waals surface area contributed by atoms with E-state index in [2.05, 4.69) is 4.98 Å². The lowest BCUT2D eigenvalue weighted by Gasteiger charge is -2.06. The fourth-order valence-electron chi connectivity index (χ4n) is 1.59. The molecule has 0 aliphatic heterocycles. The van der Waals surface area contributed by atoms with Crippen LogP contribution in [-0.4, -0.2) is 36.8 Å². The Morgan fingerprint density at radius 3 is 2.47 bits per heavy atom. The van der Waals surface area contributed by atoms with E-state index < -0.39 is 17.0 Å². The molecule has 5 nitrogen and oxygen atoms in total. The molecule has 0 atom stereocenters. The highest BCUT2D eigenvalue weighted by atomic mass is 32.2. The van der Waals surface area contributed by atoms with E-state index in [1.54, 1.807) is 18.2 Å². The Bertz CT molecular complexity index is 669. The Morgan fingerprint density at radius 1 is 1.18 bits per heavy atom. The number of pyridine rings is 1. The minimum absolute atomic E-state index is 0.0328. The second-order valence-electron chi connectivity index (χ2n) is 3.71. The third kappa shape index (κ3) is 2.31. The number of hydrogen-bond acceptors (Lipinski definition) is 5. The van der Waals surface area contributed by atoms with Crippen LogP contribution in [0.25, 0.3) is 10.9 Å². The molecule has 0 saturated heterocycles. The smallest absolute Gasteiger partial charge is 0.423 e. The zero-order chi connectivity index (χ0) is 12.6. The van der Waals surface area contributed by atoms with Gasteiger partial charge in [0.2, 0.25) is 0 Å². The summed E-state index contributed by atoms with van der Waals surface area (Å²) in [6, 6.07) is 7.64. The SMILES string of the molecule is CS(=O)(=O)c1ccc2c(B(O)O)cccc2n1. The fraction of sp³-hybridized carbons (Fsp3) is 0.100. The molecule has 2 N–H and O–H groups in total. The molecule has 0 spiro atoms. The molecule has 0 unspecified atom stereocenters. The van der Waals surface area contributed by atoms with Crippen molar-refractivity contribution in [2.45, 2.75) is 5.03 Å². The molecule has 88 valence electrons. The number of nitrogens with zero attached hydrogens (tertiary/aromatic N) is 1. The average Bonchev–Trinajstić information content (AvgIpc) is 2.26. The summed E-state index contributed by atoms with van der Waals surface area (Å²) in [6.45, 7) is 0. The van der Waals surface area contributed by atoms with Crippen molar-refractivity contribution in [3.8, 4) is 0 Å². The number of benzene rings is 1. The molecule has 1 aromatic carbocycles. The molecular formula is C10H10BNO4S. The second-order valence-corrected chi connectivity index (χ2v) is 5.67. The molecular weight excluding hydrogens is 241 g/mol. The highest BCUT2D eigenvalue weighted by Crippen LogP contribution is 2.13. The number of sulfone groups is 1. The number of rotatable bonds is 2. The molecule has 0 amide bonds. The van der Waals surface area contributed by atoms with E-state index >= 15 is 0 Å². The average molecular weight is 251 g/mol. The third-order valence-corrected chi connectivity index (χ3v) is 3.39. The van der Waals surface area contributed by atoms with Crippen LogP contribution in [0.3, 0.4) is 0 Å². The molecule has 1 aromatic heterocycles. The lowest BCUT2D eigenvalue weighted by molar-refractivity contribution is 0.426. The highest BCUT2D eigenvalue weighted by molar-refractivity contribution is 7.90. The fourth-order valence-corrected chi connectivity index (χ4v) is 2.17. The molecule has 0 bridgehead atoms. The van der Waals surface area contributed by atoms with E-state index in [9.17, 15) is 8.42 Å². The predicted molar refractivity (Wildman–Crippen MR) is 64.7 cm³/mol. The van der Waals surface area contributed by atoms with Gasteiger partial charge in [-0.05, 0) is 17.6 Å². The van der Waals surface area contributed by atoms with Gasteiger partial charge in [0.15, 0.2) is 14.9 Å². The molecule has 2 aromatic rings. The minimum Gasteiger partial charge on any atom is -0.423 e. The normalized spacial score (nSPS) is 11.7. The van der Waals surface area contributed by atoms with Gasteiger partial charge in [0, 0.05) is 11.6 Å². The molecule has 0 fully saturated rings. The van der Waals surface area contributed by atoms with Gasteiger partial charge in [0.1, 0.15) is 0 Å². The van der Waals surface area contributed by atoms with E-state index in [4.69, 9.17) is 10.0 Å². The van der Waals surface area contributed by atoms with Crippen LogP contribution in [0.4, 0.5) is 0 Å². The van der Waals surface area contributed by atoms with E-state index in [1.165, 1.54) is 12.1 Å². The van der Waals surface area contributed by atoms with Gasteiger partial charge in [-0.2, -0.15) is 0 Å². The third-order valence-electron chi connectivity index (χ3n) is 2.40. The summed E-state index contributed by atoms with van der Waals surface area (Å²) < 4.78 is 22.7. The second kappa shape index (κ2) is 4.10. The lowest BCUT2D eigenvalue weighted by Crippen LogP contribution is -2.30. The Labute approximate surface area is 98.8 Å². The first kappa shape index (κ1) is 12.0. The molecule has 0 aliphatic carbocycles. The van der Waals surface area contributed by atoms with Crippen LogP contribution in [0.1, 0.15) is 0 Å². The number of aromatic nitrogens is 1. The largest absolute Gasteiger partial charge is 0.489 e. The molecule has 0 aliphatic rings. The quantitative estimate of drug-likeness (QED) is 0.690. The van der Waals surface area contributed by atoms with Crippen molar-refractivity contribution in [1.29, 1.82) is 0 Å². The zero-order valence-corrected chi connectivity index (χ0v) is 9.85. The van der Waals surface area contributed by atoms with Crippen molar-refractivity contribution in [1.82, 2.24) is 4.98 Å². The standard InChI is InChI=1S/C10H10BNO4S/c1-17(15,16)10-6-5-7-8(11(13)14)3-2-4-9(7)12-10/h2-6,13-14H,1H3. The summed E-state index contributed by atoms with van der Waals surface area (Å²) in [7, 11) is -4.97. The minimum atomic E-state index is -3.36. The van der Waals surface area contributed by atoms with Crippen LogP contribution in [0.5, 0.6) is 0 Å². The summed E-state index contributed by atoms with van der Waals surface area (Å²) in [4.78, 5) is 3.98. The molecule has 1 heterocycles. The van der Waals surface area contributed by atoms with Crippen molar-refractivity contribution < 1.29 is 18.5 Å². The van der Waals surface area contributed by atoms with Crippen molar-refractivity contribution in [3.05, 3.63) is 30.3 Å². The van der Waals surface area contributed by atoms with Gasteiger partial charge in [-0.3, -0.25) is 0 Å². The Hall–Kier alpha value is -1.44. The van der Waals surface area contributed by atoms with Gasteiger partial charge in [-0.25, -0.2) is 13.4 Å². The summed E-state index contributed by atoms with van der Waals surface area (Å²) in [6.07, 6.45) is 1.08. The monoisotopic (exact) mass is 251 g/mol. The molecule has 0 saturated carbocycles. The van der Waals surface area contributed by atoms with Gasteiger partial charge < -0.3 is 10.0 Å².